The van der Waals surface area contributed by atoms with Gasteiger partial charge in [0.1, 0.15) is 0 Å². The van der Waals surface area contributed by atoms with Gasteiger partial charge in [-0.15, -0.1) is 0 Å². The van der Waals surface area contributed by atoms with Crippen LogP contribution in [0.15, 0.2) is 42.5 Å². The Morgan fingerprint density at radius 1 is 1.05 bits per heavy atom. The van der Waals surface area contributed by atoms with Crippen LogP contribution in [-0.2, 0) is 13.0 Å². The summed E-state index contributed by atoms with van der Waals surface area (Å²) in [6.07, 6.45) is 0.131. The fourth-order valence-corrected chi connectivity index (χ4v) is 2.78. The molecule has 0 spiro atoms. The molecule has 1 aliphatic rings. The zero-order valence-electron chi connectivity index (χ0n) is 11.6. The average Bonchev–Trinajstić information content (AvgIpc) is 2.50. The number of nitrogens with zero attached hydrogens (tertiary/aromatic N) is 1. The zero-order chi connectivity index (χ0) is 14.8. The zero-order valence-corrected chi connectivity index (χ0v) is 11.6. The fourth-order valence-electron chi connectivity index (χ4n) is 2.78. The van der Waals surface area contributed by atoms with Crippen LogP contribution in [0.1, 0.15) is 22.8 Å². The summed E-state index contributed by atoms with van der Waals surface area (Å²) >= 11 is 0. The molecule has 0 saturated carbocycles. The largest absolute Gasteiger partial charge is 0.387 e. The maximum Gasteiger partial charge on any atom is 0.159 e. The van der Waals surface area contributed by atoms with Crippen LogP contribution >= 0.6 is 0 Å². The molecule has 4 heteroatoms. The number of hydrogen-bond acceptors (Lipinski definition) is 2. The van der Waals surface area contributed by atoms with Gasteiger partial charge in [-0.25, -0.2) is 8.78 Å². The third-order valence-corrected chi connectivity index (χ3v) is 3.97. The first-order valence-corrected chi connectivity index (χ1v) is 7.05. The van der Waals surface area contributed by atoms with E-state index in [0.717, 1.165) is 31.6 Å². The van der Waals surface area contributed by atoms with E-state index in [4.69, 9.17) is 0 Å². The highest BCUT2D eigenvalue weighted by atomic mass is 19.2. The van der Waals surface area contributed by atoms with Crippen molar-refractivity contribution in [2.24, 2.45) is 0 Å². The minimum absolute atomic E-state index is 0.410. The van der Waals surface area contributed by atoms with Crippen LogP contribution in [-0.4, -0.2) is 23.1 Å². The minimum Gasteiger partial charge on any atom is -0.387 e. The second-order valence-corrected chi connectivity index (χ2v) is 5.44. The summed E-state index contributed by atoms with van der Waals surface area (Å²) in [5.41, 5.74) is 3.02. The molecule has 0 unspecified atom stereocenters. The van der Waals surface area contributed by atoms with Crippen molar-refractivity contribution < 1.29 is 13.9 Å². The smallest absolute Gasteiger partial charge is 0.159 e. The molecule has 0 aliphatic carbocycles. The summed E-state index contributed by atoms with van der Waals surface area (Å²) in [7, 11) is 0. The van der Waals surface area contributed by atoms with E-state index in [9.17, 15) is 13.9 Å². The summed E-state index contributed by atoms with van der Waals surface area (Å²) < 4.78 is 26.1. The first-order valence-electron chi connectivity index (χ1n) is 7.05. The van der Waals surface area contributed by atoms with E-state index in [1.54, 1.807) is 0 Å². The van der Waals surface area contributed by atoms with Crippen LogP contribution in [0.25, 0.3) is 0 Å². The molecule has 0 bridgehead atoms. The van der Waals surface area contributed by atoms with Crippen LogP contribution in [0.2, 0.25) is 0 Å². The number of aliphatic hydroxyl groups excluding tert-OH is 1. The number of fused-ring (bicyclic) bond motifs is 1. The van der Waals surface area contributed by atoms with Crippen molar-refractivity contribution in [2.75, 3.05) is 13.1 Å². The van der Waals surface area contributed by atoms with Gasteiger partial charge in [-0.05, 0) is 35.2 Å². The molecule has 2 aromatic rings. The van der Waals surface area contributed by atoms with E-state index in [1.165, 1.54) is 17.2 Å². The molecule has 1 aliphatic heterocycles. The third-order valence-electron chi connectivity index (χ3n) is 3.97. The molecule has 0 amide bonds. The normalized spacial score (nSPS) is 16.5. The number of β-amino-alcohol motifs (C(OH)–C–C–N with tert-alkyl or cyclic N) is 1. The highest BCUT2D eigenvalue weighted by Gasteiger charge is 2.19. The summed E-state index contributed by atoms with van der Waals surface area (Å²) in [5, 5.41) is 10.2. The number of hydrogen-bond donors (Lipinski definition) is 1. The number of aliphatic hydroxyl groups is 1. The maximum atomic E-state index is 13.2. The van der Waals surface area contributed by atoms with Gasteiger partial charge in [-0.2, -0.15) is 0 Å². The van der Waals surface area contributed by atoms with Crippen LogP contribution < -0.4 is 0 Å². The third kappa shape index (κ3) is 3.12. The van der Waals surface area contributed by atoms with Crippen molar-refractivity contribution in [1.82, 2.24) is 4.90 Å². The van der Waals surface area contributed by atoms with E-state index in [0.29, 0.717) is 12.1 Å². The Morgan fingerprint density at radius 3 is 2.57 bits per heavy atom. The van der Waals surface area contributed by atoms with Crippen LogP contribution in [0.3, 0.4) is 0 Å². The SMILES string of the molecule is O[C@H](CN1CCc2ccccc2C1)c1ccc(F)c(F)c1. The van der Waals surface area contributed by atoms with E-state index in [1.807, 2.05) is 12.1 Å². The quantitative estimate of drug-likeness (QED) is 0.938. The van der Waals surface area contributed by atoms with E-state index < -0.39 is 17.7 Å². The molecule has 1 N–H and O–H groups in total. The Bertz CT molecular complexity index is 644. The van der Waals surface area contributed by atoms with Gasteiger partial charge in [0, 0.05) is 19.6 Å². The molecule has 0 fully saturated rings. The van der Waals surface area contributed by atoms with Crippen LogP contribution in [0, 0.1) is 11.6 Å². The van der Waals surface area contributed by atoms with Gasteiger partial charge in [-0.3, -0.25) is 4.90 Å². The molecule has 1 heterocycles. The van der Waals surface area contributed by atoms with Gasteiger partial charge in [0.2, 0.25) is 0 Å². The molecule has 2 nitrogen and oxygen atoms in total. The monoisotopic (exact) mass is 289 g/mol. The lowest BCUT2D eigenvalue weighted by molar-refractivity contribution is 0.105. The molecule has 3 rings (SSSR count). The average molecular weight is 289 g/mol. The van der Waals surface area contributed by atoms with Gasteiger partial charge < -0.3 is 5.11 Å². The van der Waals surface area contributed by atoms with Gasteiger partial charge >= 0.3 is 0 Å². The van der Waals surface area contributed by atoms with Gasteiger partial charge in [0.05, 0.1) is 6.10 Å². The molecule has 1 atom stereocenters. The highest BCUT2D eigenvalue weighted by molar-refractivity contribution is 5.29. The summed E-state index contributed by atoms with van der Waals surface area (Å²) in [4.78, 5) is 2.13. The van der Waals surface area contributed by atoms with Crippen molar-refractivity contribution in [3.05, 3.63) is 70.8 Å². The highest BCUT2D eigenvalue weighted by Crippen LogP contribution is 2.22. The summed E-state index contributed by atoms with van der Waals surface area (Å²) in [5.74, 6) is -1.81. The molecular weight excluding hydrogens is 272 g/mol. The van der Waals surface area contributed by atoms with E-state index in [2.05, 4.69) is 17.0 Å². The van der Waals surface area contributed by atoms with Crippen molar-refractivity contribution in [2.45, 2.75) is 19.1 Å². The molecular formula is C17H17F2NO. The minimum atomic E-state index is -0.921. The number of halogens is 2. The second-order valence-electron chi connectivity index (χ2n) is 5.44. The standard InChI is InChI=1S/C17H17F2NO/c18-15-6-5-13(9-16(15)19)17(21)11-20-8-7-12-3-1-2-4-14(12)10-20/h1-6,9,17,21H,7-8,10-11H2/t17-/m1/s1. The van der Waals surface area contributed by atoms with E-state index >= 15 is 0 Å². The van der Waals surface area contributed by atoms with Crippen molar-refractivity contribution in [1.29, 1.82) is 0 Å². The van der Waals surface area contributed by atoms with Crippen LogP contribution in [0.4, 0.5) is 8.78 Å². The lowest BCUT2D eigenvalue weighted by atomic mass is 9.99. The van der Waals surface area contributed by atoms with Crippen molar-refractivity contribution in [3.63, 3.8) is 0 Å². The molecule has 21 heavy (non-hydrogen) atoms. The number of rotatable bonds is 3. The van der Waals surface area contributed by atoms with Gasteiger partial charge in [0.15, 0.2) is 11.6 Å². The predicted octanol–water partition coefficient (Wildman–Crippen LogP) is 3.06. The second kappa shape index (κ2) is 5.92. The molecule has 110 valence electrons. The lowest BCUT2D eigenvalue weighted by Gasteiger charge is -2.30. The Hall–Kier alpha value is -1.78. The fraction of sp³-hybridized carbons (Fsp3) is 0.294. The Balaban J connectivity index is 1.68. The Kier molecular flexibility index (Phi) is 3.99. The molecule has 0 radical (unpaired) electrons. The lowest BCUT2D eigenvalue weighted by Crippen LogP contribution is -2.34. The summed E-state index contributed by atoms with van der Waals surface area (Å²) in [6, 6.07) is 11.8. The first-order chi connectivity index (χ1) is 10.1. The molecule has 2 aromatic carbocycles. The van der Waals surface area contributed by atoms with Crippen LogP contribution in [0.5, 0.6) is 0 Å². The van der Waals surface area contributed by atoms with Gasteiger partial charge in [0.25, 0.3) is 0 Å². The van der Waals surface area contributed by atoms with Gasteiger partial charge in [-0.1, -0.05) is 30.3 Å². The van der Waals surface area contributed by atoms with Crippen molar-refractivity contribution in [3.8, 4) is 0 Å². The van der Waals surface area contributed by atoms with Crippen molar-refractivity contribution >= 4 is 0 Å². The summed E-state index contributed by atoms with van der Waals surface area (Å²) in [6.45, 7) is 2.05. The Morgan fingerprint density at radius 2 is 1.81 bits per heavy atom. The maximum absolute atomic E-state index is 13.2. The number of benzene rings is 2. The topological polar surface area (TPSA) is 23.5 Å². The molecule has 0 saturated heterocycles. The van der Waals surface area contributed by atoms with E-state index in [-0.39, 0.29) is 0 Å². The first kappa shape index (κ1) is 14.2. The molecule has 0 aromatic heterocycles. The predicted molar refractivity (Wildman–Crippen MR) is 76.7 cm³/mol. The Labute approximate surface area is 122 Å².